The van der Waals surface area contributed by atoms with Crippen LogP contribution < -0.4 is 5.32 Å². The van der Waals surface area contributed by atoms with Crippen molar-refractivity contribution in [2.45, 2.75) is 38.1 Å². The van der Waals surface area contributed by atoms with Crippen LogP contribution in [-0.4, -0.2) is 47.6 Å². The molecule has 5 heteroatoms. The Balaban J connectivity index is 2.58. The molecule has 1 rings (SSSR count). The van der Waals surface area contributed by atoms with Crippen LogP contribution in [0.25, 0.3) is 0 Å². The zero-order valence-corrected chi connectivity index (χ0v) is 10.5. The predicted molar refractivity (Wildman–Crippen MR) is 67.9 cm³/mol. The first kappa shape index (κ1) is 14.5. The van der Waals surface area contributed by atoms with Gasteiger partial charge in [-0.3, -0.25) is 14.5 Å². The third-order valence-corrected chi connectivity index (χ3v) is 3.13. The fourth-order valence-electron chi connectivity index (χ4n) is 2.20. The topological polar surface area (TPSA) is 69.6 Å². The van der Waals surface area contributed by atoms with E-state index in [0.29, 0.717) is 13.0 Å². The van der Waals surface area contributed by atoms with E-state index in [4.69, 9.17) is 6.42 Å². The number of carboxylic acid groups (broad SMARTS) is 1. The molecule has 0 aromatic rings. The molecule has 0 aliphatic carbocycles. The average Bonchev–Trinajstić information content (AvgIpc) is 2.29. The van der Waals surface area contributed by atoms with E-state index in [0.717, 1.165) is 25.7 Å². The van der Waals surface area contributed by atoms with Gasteiger partial charge in [-0.05, 0) is 19.4 Å². The summed E-state index contributed by atoms with van der Waals surface area (Å²) in [6.45, 7) is 0.948. The van der Waals surface area contributed by atoms with Gasteiger partial charge in [0, 0.05) is 0 Å². The molecule has 1 unspecified atom stereocenters. The van der Waals surface area contributed by atoms with Gasteiger partial charge in [-0.15, -0.1) is 6.42 Å². The van der Waals surface area contributed by atoms with E-state index < -0.39 is 12.0 Å². The van der Waals surface area contributed by atoms with E-state index in [1.807, 2.05) is 0 Å². The standard InChI is InChI=1S/C13H20N2O3/c1-2-8-14-12(16)10-15-9-6-4-3-5-7-11(15)13(17)18/h1,11H,3-10H2,(H,14,16)(H,17,18). The molecular formula is C13H20N2O3. The third-order valence-electron chi connectivity index (χ3n) is 3.13. The van der Waals surface area contributed by atoms with E-state index in [9.17, 15) is 14.7 Å². The van der Waals surface area contributed by atoms with Gasteiger partial charge in [-0.25, -0.2) is 0 Å². The van der Waals surface area contributed by atoms with Crippen LogP contribution in [0.4, 0.5) is 0 Å². The Morgan fingerprint density at radius 1 is 1.33 bits per heavy atom. The molecule has 1 aliphatic rings. The predicted octanol–water partition coefficient (Wildman–Crippen LogP) is 0.455. The number of carbonyl (C=O) groups excluding carboxylic acids is 1. The zero-order valence-electron chi connectivity index (χ0n) is 10.5. The molecule has 1 aliphatic heterocycles. The molecule has 1 heterocycles. The summed E-state index contributed by atoms with van der Waals surface area (Å²) in [5, 5.41) is 11.8. The van der Waals surface area contributed by atoms with Gasteiger partial charge >= 0.3 is 5.97 Å². The summed E-state index contributed by atoms with van der Waals surface area (Å²) in [7, 11) is 0. The number of hydrogen-bond acceptors (Lipinski definition) is 3. The second kappa shape index (κ2) is 7.72. The van der Waals surface area contributed by atoms with Crippen LogP contribution in [-0.2, 0) is 9.59 Å². The van der Waals surface area contributed by atoms with Gasteiger partial charge in [0.25, 0.3) is 0 Å². The molecule has 1 atom stereocenters. The number of terminal acetylenes is 1. The summed E-state index contributed by atoms with van der Waals surface area (Å²) in [5.41, 5.74) is 0. The summed E-state index contributed by atoms with van der Waals surface area (Å²) in [4.78, 5) is 24.6. The first-order chi connectivity index (χ1) is 8.65. The first-order valence-corrected chi connectivity index (χ1v) is 6.32. The molecule has 2 N–H and O–H groups in total. The van der Waals surface area contributed by atoms with E-state index in [1.165, 1.54) is 0 Å². The van der Waals surface area contributed by atoms with Crippen molar-refractivity contribution in [3.8, 4) is 12.3 Å². The average molecular weight is 252 g/mol. The zero-order chi connectivity index (χ0) is 13.4. The van der Waals surface area contributed by atoms with Gasteiger partial charge in [0.05, 0.1) is 13.1 Å². The normalized spacial score (nSPS) is 21.4. The summed E-state index contributed by atoms with van der Waals surface area (Å²) in [6.07, 6.45) is 9.67. The fourth-order valence-corrected chi connectivity index (χ4v) is 2.20. The molecule has 0 aromatic heterocycles. The summed E-state index contributed by atoms with van der Waals surface area (Å²) < 4.78 is 0. The number of likely N-dealkylation sites (tertiary alicyclic amines) is 1. The molecule has 0 radical (unpaired) electrons. The number of aliphatic carboxylic acids is 1. The van der Waals surface area contributed by atoms with Gasteiger partial charge in [0.15, 0.2) is 0 Å². The molecule has 0 aromatic carbocycles. The molecule has 1 saturated heterocycles. The number of hydrogen-bond donors (Lipinski definition) is 2. The largest absolute Gasteiger partial charge is 0.480 e. The van der Waals surface area contributed by atoms with Crippen molar-refractivity contribution in [3.05, 3.63) is 0 Å². The van der Waals surface area contributed by atoms with Gasteiger partial charge < -0.3 is 10.4 Å². The Morgan fingerprint density at radius 3 is 2.72 bits per heavy atom. The highest BCUT2D eigenvalue weighted by Crippen LogP contribution is 2.16. The van der Waals surface area contributed by atoms with Crippen molar-refractivity contribution < 1.29 is 14.7 Å². The molecule has 0 saturated carbocycles. The number of carbonyl (C=O) groups is 2. The minimum Gasteiger partial charge on any atom is -0.480 e. The van der Waals surface area contributed by atoms with Crippen molar-refractivity contribution >= 4 is 11.9 Å². The lowest BCUT2D eigenvalue weighted by atomic mass is 10.0. The van der Waals surface area contributed by atoms with E-state index in [1.54, 1.807) is 4.90 Å². The van der Waals surface area contributed by atoms with Crippen LogP contribution in [0, 0.1) is 12.3 Å². The molecule has 100 valence electrons. The lowest BCUT2D eigenvalue weighted by Crippen LogP contribution is -2.47. The summed E-state index contributed by atoms with van der Waals surface area (Å²) in [5.74, 6) is 1.27. The van der Waals surface area contributed by atoms with Crippen LogP contribution in [0.2, 0.25) is 0 Å². The fraction of sp³-hybridized carbons (Fsp3) is 0.692. The van der Waals surface area contributed by atoms with E-state index in [-0.39, 0.29) is 19.0 Å². The highest BCUT2D eigenvalue weighted by atomic mass is 16.4. The van der Waals surface area contributed by atoms with Crippen LogP contribution in [0.15, 0.2) is 0 Å². The highest BCUT2D eigenvalue weighted by molar-refractivity contribution is 5.80. The first-order valence-electron chi connectivity index (χ1n) is 6.32. The molecule has 0 spiro atoms. The van der Waals surface area contributed by atoms with Crippen molar-refractivity contribution in [1.82, 2.24) is 10.2 Å². The maximum atomic E-state index is 11.6. The summed E-state index contributed by atoms with van der Waals surface area (Å²) >= 11 is 0. The Kier molecular flexibility index (Phi) is 6.23. The molecule has 1 amide bonds. The van der Waals surface area contributed by atoms with Gasteiger partial charge in [0.2, 0.25) is 5.91 Å². The van der Waals surface area contributed by atoms with Crippen LogP contribution >= 0.6 is 0 Å². The number of amides is 1. The Morgan fingerprint density at radius 2 is 2.06 bits per heavy atom. The van der Waals surface area contributed by atoms with Crippen LogP contribution in [0.1, 0.15) is 32.1 Å². The van der Waals surface area contributed by atoms with E-state index in [2.05, 4.69) is 11.2 Å². The Hall–Kier alpha value is -1.54. The molecule has 0 bridgehead atoms. The van der Waals surface area contributed by atoms with Crippen LogP contribution in [0.5, 0.6) is 0 Å². The minimum atomic E-state index is -0.846. The monoisotopic (exact) mass is 252 g/mol. The second-order valence-electron chi connectivity index (χ2n) is 4.51. The van der Waals surface area contributed by atoms with E-state index >= 15 is 0 Å². The van der Waals surface area contributed by atoms with Crippen molar-refractivity contribution in [1.29, 1.82) is 0 Å². The van der Waals surface area contributed by atoms with Crippen molar-refractivity contribution in [2.75, 3.05) is 19.6 Å². The SMILES string of the molecule is C#CCNC(=O)CN1CCCCCCC1C(=O)O. The van der Waals surface area contributed by atoms with Crippen molar-refractivity contribution in [3.63, 3.8) is 0 Å². The lowest BCUT2D eigenvalue weighted by molar-refractivity contribution is -0.144. The highest BCUT2D eigenvalue weighted by Gasteiger charge is 2.27. The number of carboxylic acids is 1. The maximum absolute atomic E-state index is 11.6. The van der Waals surface area contributed by atoms with Crippen LogP contribution in [0.3, 0.4) is 0 Å². The second-order valence-corrected chi connectivity index (χ2v) is 4.51. The van der Waals surface area contributed by atoms with Gasteiger partial charge in [-0.2, -0.15) is 0 Å². The maximum Gasteiger partial charge on any atom is 0.320 e. The molecule has 18 heavy (non-hydrogen) atoms. The molecule has 1 fully saturated rings. The molecule has 5 nitrogen and oxygen atoms in total. The number of nitrogens with one attached hydrogen (secondary N) is 1. The minimum absolute atomic E-state index is 0.110. The lowest BCUT2D eigenvalue weighted by Gasteiger charge is -2.29. The Labute approximate surface area is 108 Å². The number of nitrogens with zero attached hydrogens (tertiary/aromatic N) is 1. The van der Waals surface area contributed by atoms with Gasteiger partial charge in [-0.1, -0.05) is 25.2 Å². The Bertz CT molecular complexity index is 336. The van der Waals surface area contributed by atoms with Gasteiger partial charge in [0.1, 0.15) is 6.04 Å². The smallest absolute Gasteiger partial charge is 0.320 e. The molecular weight excluding hydrogens is 232 g/mol. The quantitative estimate of drug-likeness (QED) is 0.713. The third kappa shape index (κ3) is 4.76. The summed E-state index contributed by atoms with van der Waals surface area (Å²) in [6, 6.07) is -0.554. The van der Waals surface area contributed by atoms with Crippen molar-refractivity contribution in [2.24, 2.45) is 0 Å². The number of rotatable bonds is 4.